The largest absolute Gasteiger partial charge is 0.472 e. The summed E-state index contributed by atoms with van der Waals surface area (Å²) in [7, 11) is 1.77. The van der Waals surface area contributed by atoms with Crippen molar-refractivity contribution >= 4 is 0 Å². The van der Waals surface area contributed by atoms with Gasteiger partial charge in [0.15, 0.2) is 6.23 Å². The summed E-state index contributed by atoms with van der Waals surface area (Å²) in [5.41, 5.74) is 2.30. The predicted molar refractivity (Wildman–Crippen MR) is 61.1 cm³/mol. The summed E-state index contributed by atoms with van der Waals surface area (Å²) in [6.07, 6.45) is -0.916. The summed E-state index contributed by atoms with van der Waals surface area (Å²) in [6.45, 7) is 5.75. The van der Waals surface area contributed by atoms with E-state index in [1.807, 2.05) is 32.0 Å². The summed E-state index contributed by atoms with van der Waals surface area (Å²) in [6, 6.07) is 5.90. The minimum Gasteiger partial charge on any atom is -0.472 e. The van der Waals surface area contributed by atoms with E-state index >= 15 is 0 Å². The average molecular weight is 209 g/mol. The van der Waals surface area contributed by atoms with Gasteiger partial charge >= 0.3 is 0 Å². The molecule has 0 bridgehead atoms. The first-order valence-corrected chi connectivity index (χ1v) is 5.14. The van der Waals surface area contributed by atoms with Gasteiger partial charge in [0, 0.05) is 0 Å². The SMILES string of the molecule is CNC(Oc1cccc(C)c1C)C(C)O. The maximum absolute atomic E-state index is 9.45. The lowest BCUT2D eigenvalue weighted by molar-refractivity contribution is 0.0316. The molecule has 0 saturated heterocycles. The Morgan fingerprint density at radius 2 is 2.00 bits per heavy atom. The van der Waals surface area contributed by atoms with Gasteiger partial charge in [-0.15, -0.1) is 0 Å². The van der Waals surface area contributed by atoms with Gasteiger partial charge in [-0.05, 0) is 45.0 Å². The number of aliphatic hydroxyl groups excluding tert-OH is 1. The summed E-state index contributed by atoms with van der Waals surface area (Å²) in [5, 5.41) is 12.4. The minimum absolute atomic E-state index is 0.370. The van der Waals surface area contributed by atoms with Gasteiger partial charge in [-0.1, -0.05) is 12.1 Å². The molecule has 2 N–H and O–H groups in total. The quantitative estimate of drug-likeness (QED) is 0.740. The first-order chi connectivity index (χ1) is 7.06. The Hall–Kier alpha value is -1.06. The van der Waals surface area contributed by atoms with Crippen molar-refractivity contribution in [3.05, 3.63) is 29.3 Å². The molecule has 0 spiro atoms. The van der Waals surface area contributed by atoms with E-state index in [9.17, 15) is 5.11 Å². The van der Waals surface area contributed by atoms with Crippen LogP contribution < -0.4 is 10.1 Å². The van der Waals surface area contributed by atoms with E-state index in [4.69, 9.17) is 4.74 Å². The Morgan fingerprint density at radius 1 is 1.33 bits per heavy atom. The highest BCUT2D eigenvalue weighted by molar-refractivity contribution is 5.38. The van der Waals surface area contributed by atoms with Gasteiger partial charge in [0.2, 0.25) is 0 Å². The number of nitrogens with one attached hydrogen (secondary N) is 1. The van der Waals surface area contributed by atoms with E-state index in [1.165, 1.54) is 5.56 Å². The standard InChI is InChI=1S/C12H19NO2/c1-8-6-5-7-11(9(8)2)15-12(13-4)10(3)14/h5-7,10,12-14H,1-4H3. The van der Waals surface area contributed by atoms with E-state index in [2.05, 4.69) is 5.32 Å². The number of ether oxygens (including phenoxy) is 1. The van der Waals surface area contributed by atoms with Crippen LogP contribution in [0.25, 0.3) is 0 Å². The van der Waals surface area contributed by atoms with Crippen molar-refractivity contribution in [3.8, 4) is 5.75 Å². The summed E-state index contributed by atoms with van der Waals surface area (Å²) >= 11 is 0. The van der Waals surface area contributed by atoms with Crippen LogP contribution in [0.4, 0.5) is 0 Å². The minimum atomic E-state index is -0.546. The van der Waals surface area contributed by atoms with Crippen LogP contribution in [-0.2, 0) is 0 Å². The fraction of sp³-hybridized carbons (Fsp3) is 0.500. The lowest BCUT2D eigenvalue weighted by Crippen LogP contribution is -2.40. The zero-order chi connectivity index (χ0) is 11.4. The first kappa shape index (κ1) is 12.0. The van der Waals surface area contributed by atoms with Gasteiger partial charge in [-0.3, -0.25) is 5.32 Å². The van der Waals surface area contributed by atoms with E-state index in [0.29, 0.717) is 0 Å². The summed E-state index contributed by atoms with van der Waals surface area (Å²) in [4.78, 5) is 0. The van der Waals surface area contributed by atoms with E-state index in [1.54, 1.807) is 14.0 Å². The van der Waals surface area contributed by atoms with Gasteiger partial charge in [-0.25, -0.2) is 0 Å². The lowest BCUT2D eigenvalue weighted by Gasteiger charge is -2.22. The Balaban J connectivity index is 2.84. The first-order valence-electron chi connectivity index (χ1n) is 5.14. The predicted octanol–water partition coefficient (Wildman–Crippen LogP) is 1.61. The monoisotopic (exact) mass is 209 g/mol. The number of hydrogen-bond acceptors (Lipinski definition) is 3. The maximum atomic E-state index is 9.45. The van der Waals surface area contributed by atoms with Crippen LogP contribution in [0.15, 0.2) is 18.2 Å². The molecule has 0 amide bonds. The van der Waals surface area contributed by atoms with Gasteiger partial charge < -0.3 is 9.84 Å². The van der Waals surface area contributed by atoms with Crippen LogP contribution in [-0.4, -0.2) is 24.5 Å². The Labute approximate surface area is 91.1 Å². The number of aliphatic hydroxyl groups is 1. The molecule has 2 atom stereocenters. The second kappa shape index (κ2) is 5.14. The molecular formula is C12H19NO2. The molecule has 2 unspecified atom stereocenters. The molecule has 1 aromatic rings. The van der Waals surface area contributed by atoms with Crippen molar-refractivity contribution in [3.63, 3.8) is 0 Å². The van der Waals surface area contributed by atoms with Gasteiger partial charge in [0.05, 0.1) is 0 Å². The molecule has 1 rings (SSSR count). The van der Waals surface area contributed by atoms with Crippen LogP contribution in [0.3, 0.4) is 0 Å². The van der Waals surface area contributed by atoms with E-state index in [-0.39, 0.29) is 6.23 Å². The zero-order valence-electron chi connectivity index (χ0n) is 9.74. The van der Waals surface area contributed by atoms with Crippen LogP contribution in [0.2, 0.25) is 0 Å². The second-order valence-corrected chi connectivity index (χ2v) is 3.77. The summed E-state index contributed by atoms with van der Waals surface area (Å²) in [5.74, 6) is 0.815. The van der Waals surface area contributed by atoms with E-state index < -0.39 is 6.10 Å². The number of benzene rings is 1. The average Bonchev–Trinajstić information content (AvgIpc) is 2.19. The van der Waals surface area contributed by atoms with Crippen molar-refractivity contribution in [2.24, 2.45) is 0 Å². The Morgan fingerprint density at radius 3 is 2.53 bits per heavy atom. The Bertz CT molecular complexity index is 323. The third-order valence-corrected chi connectivity index (χ3v) is 2.53. The molecule has 0 aliphatic carbocycles. The molecule has 0 aromatic heterocycles. The summed E-state index contributed by atoms with van der Waals surface area (Å²) < 4.78 is 5.68. The smallest absolute Gasteiger partial charge is 0.175 e. The number of hydrogen-bond donors (Lipinski definition) is 2. The van der Waals surface area contributed by atoms with Gasteiger partial charge in [-0.2, -0.15) is 0 Å². The molecule has 1 aromatic carbocycles. The molecule has 3 nitrogen and oxygen atoms in total. The molecule has 15 heavy (non-hydrogen) atoms. The van der Waals surface area contributed by atoms with Crippen molar-refractivity contribution in [2.45, 2.75) is 33.1 Å². The molecule has 0 radical (unpaired) electrons. The van der Waals surface area contributed by atoms with Crippen molar-refractivity contribution in [1.82, 2.24) is 5.32 Å². The molecule has 0 aliphatic rings. The third kappa shape index (κ3) is 2.94. The molecule has 3 heteroatoms. The molecular weight excluding hydrogens is 190 g/mol. The van der Waals surface area contributed by atoms with Crippen LogP contribution in [0.5, 0.6) is 5.75 Å². The van der Waals surface area contributed by atoms with Gasteiger partial charge in [0.1, 0.15) is 11.9 Å². The van der Waals surface area contributed by atoms with Crippen molar-refractivity contribution in [2.75, 3.05) is 7.05 Å². The number of rotatable bonds is 4. The van der Waals surface area contributed by atoms with Crippen LogP contribution in [0, 0.1) is 13.8 Å². The van der Waals surface area contributed by atoms with Crippen LogP contribution >= 0.6 is 0 Å². The third-order valence-electron chi connectivity index (χ3n) is 2.53. The van der Waals surface area contributed by atoms with Crippen molar-refractivity contribution < 1.29 is 9.84 Å². The highest BCUT2D eigenvalue weighted by atomic mass is 16.5. The fourth-order valence-corrected chi connectivity index (χ4v) is 1.39. The zero-order valence-corrected chi connectivity index (χ0v) is 9.74. The topological polar surface area (TPSA) is 41.5 Å². The Kier molecular flexibility index (Phi) is 4.12. The molecule has 0 fully saturated rings. The lowest BCUT2D eigenvalue weighted by atomic mass is 10.1. The van der Waals surface area contributed by atoms with Crippen molar-refractivity contribution in [1.29, 1.82) is 0 Å². The normalized spacial score (nSPS) is 14.7. The molecule has 84 valence electrons. The fourth-order valence-electron chi connectivity index (χ4n) is 1.39. The van der Waals surface area contributed by atoms with E-state index in [0.717, 1.165) is 11.3 Å². The molecule has 0 aliphatic heterocycles. The molecule has 0 saturated carbocycles. The maximum Gasteiger partial charge on any atom is 0.175 e. The second-order valence-electron chi connectivity index (χ2n) is 3.77. The number of aryl methyl sites for hydroxylation is 1. The highest BCUT2D eigenvalue weighted by Crippen LogP contribution is 2.21. The molecule has 0 heterocycles. The number of likely N-dealkylation sites (N-methyl/N-ethyl adjacent to an activating group) is 1. The highest BCUT2D eigenvalue weighted by Gasteiger charge is 2.15. The van der Waals surface area contributed by atoms with Gasteiger partial charge in [0.25, 0.3) is 0 Å². The van der Waals surface area contributed by atoms with Crippen LogP contribution in [0.1, 0.15) is 18.1 Å².